The Kier molecular flexibility index (Phi) is 4.37. The van der Waals surface area contributed by atoms with E-state index in [1.165, 1.54) is 10.6 Å². The third-order valence-corrected chi connectivity index (χ3v) is 4.57. The van der Waals surface area contributed by atoms with Crippen LogP contribution < -0.4 is 4.31 Å². The van der Waals surface area contributed by atoms with E-state index in [4.69, 9.17) is 0 Å². The van der Waals surface area contributed by atoms with Gasteiger partial charge in [0.25, 0.3) is 0 Å². The van der Waals surface area contributed by atoms with E-state index in [0.29, 0.717) is 6.54 Å². The normalized spacial score (nSPS) is 11.4. The number of nitrogens with zero attached hydrogens (tertiary/aromatic N) is 1. The molecule has 21 heavy (non-hydrogen) atoms. The van der Waals surface area contributed by atoms with E-state index in [2.05, 4.69) is 0 Å². The summed E-state index contributed by atoms with van der Waals surface area (Å²) < 4.78 is 25.9. The number of aryl methyl sites for hydroxylation is 3. The van der Waals surface area contributed by atoms with Crippen molar-refractivity contribution in [3.63, 3.8) is 0 Å². The van der Waals surface area contributed by atoms with Gasteiger partial charge in [0.05, 0.1) is 18.5 Å². The lowest BCUT2D eigenvalue weighted by Crippen LogP contribution is -2.30. The van der Waals surface area contributed by atoms with E-state index < -0.39 is 10.0 Å². The van der Waals surface area contributed by atoms with Crippen molar-refractivity contribution in [1.29, 1.82) is 0 Å². The summed E-state index contributed by atoms with van der Waals surface area (Å²) >= 11 is 0. The summed E-state index contributed by atoms with van der Waals surface area (Å²) in [6, 6.07) is 13.8. The monoisotopic (exact) mass is 303 g/mol. The first-order valence-electron chi connectivity index (χ1n) is 6.88. The molecule has 0 bridgehead atoms. The fraction of sp³-hybridized carbons (Fsp3) is 0.294. The molecule has 2 aromatic carbocycles. The van der Waals surface area contributed by atoms with E-state index in [9.17, 15) is 8.42 Å². The Morgan fingerprint density at radius 1 is 0.952 bits per heavy atom. The van der Waals surface area contributed by atoms with Crippen LogP contribution >= 0.6 is 0 Å². The molecule has 0 aliphatic rings. The van der Waals surface area contributed by atoms with E-state index in [1.54, 1.807) is 0 Å². The molecule has 0 atom stereocenters. The van der Waals surface area contributed by atoms with Gasteiger partial charge in [-0.3, -0.25) is 4.31 Å². The van der Waals surface area contributed by atoms with Crippen LogP contribution in [0.15, 0.2) is 42.5 Å². The molecule has 112 valence electrons. The van der Waals surface area contributed by atoms with Crippen molar-refractivity contribution in [2.45, 2.75) is 27.3 Å². The van der Waals surface area contributed by atoms with Gasteiger partial charge in [0.1, 0.15) is 0 Å². The van der Waals surface area contributed by atoms with Crippen LogP contribution in [0.1, 0.15) is 22.3 Å². The first-order valence-corrected chi connectivity index (χ1v) is 8.73. The molecule has 0 amide bonds. The Hall–Kier alpha value is -1.81. The molecule has 2 aromatic rings. The van der Waals surface area contributed by atoms with Gasteiger partial charge in [-0.25, -0.2) is 8.42 Å². The Morgan fingerprint density at radius 3 is 2.24 bits per heavy atom. The zero-order valence-corrected chi connectivity index (χ0v) is 13.7. The van der Waals surface area contributed by atoms with Crippen molar-refractivity contribution in [2.75, 3.05) is 10.6 Å². The molecule has 0 aliphatic heterocycles. The predicted molar refractivity (Wildman–Crippen MR) is 88.1 cm³/mol. The molecule has 0 aromatic heterocycles. The molecule has 3 nitrogen and oxygen atoms in total. The smallest absolute Gasteiger partial charge is 0.232 e. The van der Waals surface area contributed by atoms with Crippen LogP contribution in [0.2, 0.25) is 0 Å². The summed E-state index contributed by atoms with van der Waals surface area (Å²) in [4.78, 5) is 0. The second-order valence-electron chi connectivity index (χ2n) is 5.55. The molecule has 0 heterocycles. The van der Waals surface area contributed by atoms with Crippen LogP contribution in [0, 0.1) is 20.8 Å². The highest BCUT2D eigenvalue weighted by Gasteiger charge is 2.19. The second kappa shape index (κ2) is 5.90. The average Bonchev–Trinajstić information content (AvgIpc) is 2.38. The molecule has 0 N–H and O–H groups in total. The predicted octanol–water partition coefficient (Wildman–Crippen LogP) is 3.58. The fourth-order valence-electron chi connectivity index (χ4n) is 2.35. The molecule has 2 rings (SSSR count). The lowest BCUT2D eigenvalue weighted by molar-refractivity contribution is 0.596. The molecule has 0 unspecified atom stereocenters. The zero-order valence-electron chi connectivity index (χ0n) is 12.9. The molecular formula is C17H21NO2S. The minimum absolute atomic E-state index is 0.352. The third-order valence-electron chi connectivity index (χ3n) is 3.44. The van der Waals surface area contributed by atoms with E-state index in [-0.39, 0.29) is 0 Å². The number of hydrogen-bond acceptors (Lipinski definition) is 2. The number of benzene rings is 2. The van der Waals surface area contributed by atoms with Crippen LogP contribution in [0.25, 0.3) is 0 Å². The number of hydrogen-bond donors (Lipinski definition) is 0. The van der Waals surface area contributed by atoms with Crippen molar-refractivity contribution < 1.29 is 8.42 Å². The molecule has 0 fully saturated rings. The maximum atomic E-state index is 12.2. The number of sulfonamides is 1. The van der Waals surface area contributed by atoms with Crippen LogP contribution in [0.4, 0.5) is 5.69 Å². The summed E-state index contributed by atoms with van der Waals surface area (Å²) in [5.41, 5.74) is 4.87. The minimum Gasteiger partial charge on any atom is -0.266 e. The van der Waals surface area contributed by atoms with E-state index in [1.807, 2.05) is 63.2 Å². The van der Waals surface area contributed by atoms with Gasteiger partial charge in [-0.2, -0.15) is 0 Å². The quantitative estimate of drug-likeness (QED) is 0.866. The topological polar surface area (TPSA) is 37.4 Å². The summed E-state index contributed by atoms with van der Waals surface area (Å²) in [7, 11) is -3.33. The van der Waals surface area contributed by atoms with Crippen LogP contribution in [0.5, 0.6) is 0 Å². The molecule has 0 aliphatic carbocycles. The lowest BCUT2D eigenvalue weighted by atomic mass is 10.1. The highest BCUT2D eigenvalue weighted by molar-refractivity contribution is 7.92. The summed E-state index contributed by atoms with van der Waals surface area (Å²) in [5, 5.41) is 0. The highest BCUT2D eigenvalue weighted by atomic mass is 32.2. The zero-order chi connectivity index (χ0) is 15.6. The van der Waals surface area contributed by atoms with Gasteiger partial charge >= 0.3 is 0 Å². The molecule has 4 heteroatoms. The molecule has 0 spiro atoms. The van der Waals surface area contributed by atoms with Gasteiger partial charge in [-0.05, 0) is 43.5 Å². The number of rotatable bonds is 4. The second-order valence-corrected chi connectivity index (χ2v) is 7.46. The summed E-state index contributed by atoms with van der Waals surface area (Å²) in [6.07, 6.45) is 1.25. The largest absolute Gasteiger partial charge is 0.266 e. The van der Waals surface area contributed by atoms with Gasteiger partial charge in [-0.1, -0.05) is 42.0 Å². The minimum atomic E-state index is -3.33. The maximum absolute atomic E-state index is 12.2. The van der Waals surface area contributed by atoms with Crippen molar-refractivity contribution >= 4 is 15.7 Å². The molecule has 0 radical (unpaired) electrons. The summed E-state index contributed by atoms with van der Waals surface area (Å²) in [5.74, 6) is 0. The molecular weight excluding hydrogens is 282 g/mol. The molecule has 0 saturated carbocycles. The van der Waals surface area contributed by atoms with Gasteiger partial charge < -0.3 is 0 Å². The summed E-state index contributed by atoms with van der Waals surface area (Å²) in [6.45, 7) is 6.26. The van der Waals surface area contributed by atoms with Crippen molar-refractivity contribution in [2.24, 2.45) is 0 Å². The van der Waals surface area contributed by atoms with Crippen LogP contribution in [0.3, 0.4) is 0 Å². The Labute approximate surface area is 127 Å². The SMILES string of the molecule is Cc1cccc(CN(c2cc(C)ccc2C)S(C)(=O)=O)c1. The van der Waals surface area contributed by atoms with Gasteiger partial charge in [-0.15, -0.1) is 0 Å². The Balaban J connectivity index is 2.47. The van der Waals surface area contributed by atoms with Crippen molar-refractivity contribution in [3.05, 3.63) is 64.7 Å². The fourth-order valence-corrected chi connectivity index (χ4v) is 3.28. The Bertz CT molecular complexity index is 751. The van der Waals surface area contributed by atoms with Crippen LogP contribution in [-0.2, 0) is 16.6 Å². The lowest BCUT2D eigenvalue weighted by Gasteiger charge is -2.25. The standard InChI is InChI=1S/C17H21NO2S/c1-13-6-5-7-16(10-13)12-18(21(4,19)20)17-11-14(2)8-9-15(17)3/h5-11H,12H2,1-4H3. The first kappa shape index (κ1) is 15.6. The highest BCUT2D eigenvalue weighted by Crippen LogP contribution is 2.26. The average molecular weight is 303 g/mol. The van der Waals surface area contributed by atoms with E-state index in [0.717, 1.165) is 27.9 Å². The van der Waals surface area contributed by atoms with Gasteiger partial charge in [0.2, 0.25) is 10.0 Å². The van der Waals surface area contributed by atoms with Crippen molar-refractivity contribution in [3.8, 4) is 0 Å². The first-order chi connectivity index (χ1) is 9.77. The van der Waals surface area contributed by atoms with Crippen molar-refractivity contribution in [1.82, 2.24) is 0 Å². The van der Waals surface area contributed by atoms with Crippen LogP contribution in [-0.4, -0.2) is 14.7 Å². The number of anilines is 1. The van der Waals surface area contributed by atoms with E-state index >= 15 is 0 Å². The van der Waals surface area contributed by atoms with Gasteiger partial charge in [0, 0.05) is 0 Å². The maximum Gasteiger partial charge on any atom is 0.232 e. The third kappa shape index (κ3) is 3.85. The molecule has 0 saturated heterocycles. The van der Waals surface area contributed by atoms with Gasteiger partial charge in [0.15, 0.2) is 0 Å². The Morgan fingerprint density at radius 2 is 1.62 bits per heavy atom.